The van der Waals surface area contributed by atoms with Gasteiger partial charge in [0.15, 0.2) is 0 Å². The smallest absolute Gasteiger partial charge is 0.240 e. The first-order valence-corrected chi connectivity index (χ1v) is 7.78. The molecule has 3 aromatic rings. The van der Waals surface area contributed by atoms with Gasteiger partial charge in [-0.2, -0.15) is 0 Å². The number of fused-ring (bicyclic) bond motifs is 1. The number of hydrogen-bond donors (Lipinski definition) is 0. The van der Waals surface area contributed by atoms with Crippen LogP contribution in [0.2, 0.25) is 0 Å². The van der Waals surface area contributed by atoms with E-state index in [1.165, 1.54) is 0 Å². The van der Waals surface area contributed by atoms with Crippen LogP contribution in [0.4, 0.5) is 0 Å². The average Bonchev–Trinajstić information content (AvgIpc) is 3.02. The van der Waals surface area contributed by atoms with E-state index in [2.05, 4.69) is 5.10 Å². The Morgan fingerprint density at radius 1 is 1.21 bits per heavy atom. The lowest BCUT2D eigenvalue weighted by atomic mass is 10.2. The molecule has 0 spiro atoms. The summed E-state index contributed by atoms with van der Waals surface area (Å²) in [6, 6.07) is 5.73. The van der Waals surface area contributed by atoms with E-state index < -0.39 is 10.7 Å². The van der Waals surface area contributed by atoms with Crippen molar-refractivity contribution in [1.82, 2.24) is 9.78 Å². The van der Waals surface area contributed by atoms with Crippen LogP contribution in [0.25, 0.3) is 10.9 Å². The highest BCUT2D eigenvalue weighted by molar-refractivity contribution is 5.84. The number of hydroxylamine groups is 3. The van der Waals surface area contributed by atoms with Crippen LogP contribution < -0.4 is 4.74 Å². The summed E-state index contributed by atoms with van der Waals surface area (Å²) < 4.78 is 46.6. The number of para-hydroxylation sites is 1. The van der Waals surface area contributed by atoms with E-state index in [1.807, 2.05) is 24.3 Å². The molecule has 5 heteroatoms. The van der Waals surface area contributed by atoms with Crippen molar-refractivity contribution >= 4 is 10.9 Å². The lowest BCUT2D eigenvalue weighted by Crippen LogP contribution is -2.33. The highest BCUT2D eigenvalue weighted by atomic mass is 16.5. The van der Waals surface area contributed by atoms with Gasteiger partial charge < -0.3 is 14.6 Å². The van der Waals surface area contributed by atoms with Crippen LogP contribution in [-0.2, 0) is 6.54 Å². The summed E-state index contributed by atoms with van der Waals surface area (Å²) in [6.45, 7) is 0.769. The molecule has 0 aliphatic heterocycles. The van der Waals surface area contributed by atoms with Crippen LogP contribution in [-0.4, -0.2) is 41.7 Å². The van der Waals surface area contributed by atoms with Crippen molar-refractivity contribution in [3.8, 4) is 5.88 Å². The van der Waals surface area contributed by atoms with Gasteiger partial charge in [0.1, 0.15) is 0 Å². The summed E-state index contributed by atoms with van der Waals surface area (Å²) in [5, 5.41) is 16.9. The second-order valence-corrected chi connectivity index (χ2v) is 6.08. The standard InChI is InChI=1S/C19H23N3O2/c1-22(2,23)13-8-14-24-19-17-11-6-7-12-18(17)21(20-19)15-16-9-4-3-5-10-16/h3-7,9-12H,8,13-15H2,1-2H3/i3D,4D,5D,9D,10D. The summed E-state index contributed by atoms with van der Waals surface area (Å²) >= 11 is 0. The van der Waals surface area contributed by atoms with Crippen molar-refractivity contribution in [3.63, 3.8) is 0 Å². The molecule has 0 bridgehead atoms. The fourth-order valence-corrected chi connectivity index (χ4v) is 2.44. The van der Waals surface area contributed by atoms with E-state index in [0.717, 1.165) is 10.9 Å². The molecule has 0 N–H and O–H groups in total. The van der Waals surface area contributed by atoms with Crippen molar-refractivity contribution in [1.29, 1.82) is 0 Å². The molecule has 0 aliphatic carbocycles. The number of aromatic nitrogens is 2. The number of rotatable bonds is 7. The Morgan fingerprint density at radius 2 is 1.96 bits per heavy atom. The van der Waals surface area contributed by atoms with Gasteiger partial charge in [-0.1, -0.05) is 42.3 Å². The van der Waals surface area contributed by atoms with E-state index in [4.69, 9.17) is 11.6 Å². The van der Waals surface area contributed by atoms with Gasteiger partial charge in [-0.15, -0.1) is 5.10 Å². The van der Waals surface area contributed by atoms with Crippen LogP contribution in [0.5, 0.6) is 5.88 Å². The molecule has 0 aliphatic rings. The average molecular weight is 330 g/mol. The third-order valence-corrected chi connectivity index (χ3v) is 3.56. The molecular formula is C19H23N3O2. The summed E-state index contributed by atoms with van der Waals surface area (Å²) in [7, 11) is 3.15. The minimum Gasteiger partial charge on any atom is -0.633 e. The van der Waals surface area contributed by atoms with E-state index in [1.54, 1.807) is 18.8 Å². The maximum atomic E-state index is 11.7. The highest BCUT2D eigenvalue weighted by Gasteiger charge is 2.12. The Labute approximate surface area is 149 Å². The van der Waals surface area contributed by atoms with Crippen LogP contribution >= 0.6 is 0 Å². The topological polar surface area (TPSA) is 50.1 Å². The van der Waals surface area contributed by atoms with E-state index >= 15 is 0 Å². The summed E-state index contributed by atoms with van der Waals surface area (Å²) in [6.07, 6.45) is 0.570. The second-order valence-electron chi connectivity index (χ2n) is 6.08. The maximum absolute atomic E-state index is 11.7. The minimum atomic E-state index is -0.419. The van der Waals surface area contributed by atoms with Gasteiger partial charge in [-0.25, -0.2) is 0 Å². The van der Waals surface area contributed by atoms with Gasteiger partial charge in [0, 0.05) is 6.42 Å². The molecular weight excluding hydrogens is 302 g/mol. The first kappa shape index (κ1) is 11.2. The van der Waals surface area contributed by atoms with E-state index in [0.29, 0.717) is 25.5 Å². The maximum Gasteiger partial charge on any atom is 0.240 e. The molecule has 24 heavy (non-hydrogen) atoms. The first-order chi connectivity index (χ1) is 13.6. The third-order valence-electron chi connectivity index (χ3n) is 3.56. The van der Waals surface area contributed by atoms with Crippen LogP contribution in [0.3, 0.4) is 0 Å². The minimum absolute atomic E-state index is 0.0179. The van der Waals surface area contributed by atoms with Gasteiger partial charge in [0.05, 0.1) is 51.5 Å². The van der Waals surface area contributed by atoms with Gasteiger partial charge in [0.2, 0.25) is 5.88 Å². The molecule has 3 rings (SSSR count). The van der Waals surface area contributed by atoms with Crippen LogP contribution in [0, 0.1) is 5.21 Å². The normalized spacial score (nSPS) is 14.7. The van der Waals surface area contributed by atoms with Crippen molar-refractivity contribution < 1.29 is 16.2 Å². The lowest BCUT2D eigenvalue weighted by Gasteiger charge is -2.33. The molecule has 126 valence electrons. The van der Waals surface area contributed by atoms with Gasteiger partial charge in [-0.3, -0.25) is 4.68 Å². The van der Waals surface area contributed by atoms with Crippen molar-refractivity contribution in [3.05, 3.63) is 65.2 Å². The molecule has 2 aromatic carbocycles. The first-order valence-electron chi connectivity index (χ1n) is 10.3. The Balaban J connectivity index is 1.92. The second kappa shape index (κ2) is 7.03. The lowest BCUT2D eigenvalue weighted by molar-refractivity contribution is -0.840. The number of ether oxygens (including phenoxy) is 1. The number of quaternary nitrogens is 1. The number of benzene rings is 2. The van der Waals surface area contributed by atoms with E-state index in [-0.39, 0.29) is 36.3 Å². The van der Waals surface area contributed by atoms with Crippen LogP contribution in [0.1, 0.15) is 18.8 Å². The molecule has 0 radical (unpaired) electrons. The zero-order chi connectivity index (χ0) is 21.3. The largest absolute Gasteiger partial charge is 0.633 e. The Bertz CT molecular complexity index is 1020. The Hall–Kier alpha value is -2.37. The Morgan fingerprint density at radius 3 is 2.71 bits per heavy atom. The molecule has 0 saturated heterocycles. The quantitative estimate of drug-likeness (QED) is 0.379. The summed E-state index contributed by atoms with van der Waals surface area (Å²) in [5.41, 5.74) is 0.899. The Kier molecular flexibility index (Phi) is 3.29. The predicted molar refractivity (Wildman–Crippen MR) is 95.7 cm³/mol. The molecule has 0 saturated carbocycles. The molecule has 0 unspecified atom stereocenters. The highest BCUT2D eigenvalue weighted by Crippen LogP contribution is 2.25. The zero-order valence-corrected chi connectivity index (χ0v) is 13.8. The predicted octanol–water partition coefficient (Wildman–Crippen LogP) is 3.43. The monoisotopic (exact) mass is 330 g/mol. The molecule has 0 atom stereocenters. The number of nitrogens with zero attached hydrogens (tertiary/aromatic N) is 3. The number of hydrogen-bond acceptors (Lipinski definition) is 3. The van der Waals surface area contributed by atoms with Crippen LogP contribution in [0.15, 0.2) is 54.5 Å². The van der Waals surface area contributed by atoms with Crippen molar-refractivity contribution in [2.24, 2.45) is 0 Å². The molecule has 0 fully saturated rings. The molecule has 1 heterocycles. The molecule has 1 aromatic heterocycles. The fraction of sp³-hybridized carbons (Fsp3) is 0.316. The zero-order valence-electron chi connectivity index (χ0n) is 18.8. The molecule has 5 nitrogen and oxygen atoms in total. The fourth-order valence-electron chi connectivity index (χ4n) is 2.44. The summed E-state index contributed by atoms with van der Waals surface area (Å²) in [4.78, 5) is 0. The SMILES string of the molecule is [2H]c1c([2H])c([2H])c(Cn2nc(OCCC[N+](C)(C)[O-])c3ccccc32)c([2H])c1[2H]. The summed E-state index contributed by atoms with van der Waals surface area (Å²) in [5.74, 6) is 0.393. The van der Waals surface area contributed by atoms with Gasteiger partial charge in [0.25, 0.3) is 0 Å². The molecule has 0 amide bonds. The third kappa shape index (κ3) is 4.13. The van der Waals surface area contributed by atoms with Crippen molar-refractivity contribution in [2.75, 3.05) is 27.2 Å². The van der Waals surface area contributed by atoms with Crippen molar-refractivity contribution in [2.45, 2.75) is 13.0 Å². The van der Waals surface area contributed by atoms with E-state index in [9.17, 15) is 5.21 Å². The van der Waals surface area contributed by atoms with Gasteiger partial charge >= 0.3 is 0 Å². The van der Waals surface area contributed by atoms with Gasteiger partial charge in [-0.05, 0) is 17.7 Å².